The van der Waals surface area contributed by atoms with E-state index in [1.54, 1.807) is 6.07 Å². The number of amides is 1. The lowest BCUT2D eigenvalue weighted by Crippen LogP contribution is -2.25. The van der Waals surface area contributed by atoms with Gasteiger partial charge in [0.05, 0.1) is 0 Å². The maximum absolute atomic E-state index is 11.2. The Labute approximate surface area is 116 Å². The molecule has 1 N–H and O–H groups in total. The first-order chi connectivity index (χ1) is 9.22. The SMILES string of the molecule is C=C(C#N)C(=O)NCCCCCCCCCOCC. The highest BCUT2D eigenvalue weighted by molar-refractivity contribution is 5.96. The molecule has 4 heteroatoms. The fourth-order valence-electron chi connectivity index (χ4n) is 1.72. The highest BCUT2D eigenvalue weighted by Gasteiger charge is 2.03. The molecule has 0 aliphatic carbocycles. The van der Waals surface area contributed by atoms with E-state index in [2.05, 4.69) is 11.9 Å². The van der Waals surface area contributed by atoms with Crippen LogP contribution in [0.5, 0.6) is 0 Å². The predicted molar refractivity (Wildman–Crippen MR) is 76.6 cm³/mol. The van der Waals surface area contributed by atoms with Crippen molar-refractivity contribution in [1.82, 2.24) is 5.32 Å². The molecule has 0 fully saturated rings. The van der Waals surface area contributed by atoms with E-state index in [9.17, 15) is 4.79 Å². The number of nitriles is 1. The number of carbonyl (C=O) groups is 1. The summed E-state index contributed by atoms with van der Waals surface area (Å²) in [4.78, 5) is 11.2. The summed E-state index contributed by atoms with van der Waals surface area (Å²) >= 11 is 0. The van der Waals surface area contributed by atoms with E-state index in [0.717, 1.165) is 32.5 Å². The third kappa shape index (κ3) is 11.5. The van der Waals surface area contributed by atoms with Gasteiger partial charge in [-0.25, -0.2) is 0 Å². The Morgan fingerprint density at radius 2 is 1.74 bits per heavy atom. The summed E-state index contributed by atoms with van der Waals surface area (Å²) in [6.45, 7) is 7.70. The van der Waals surface area contributed by atoms with Gasteiger partial charge < -0.3 is 10.1 Å². The standard InChI is InChI=1S/C15H26N2O2/c1-3-19-12-10-8-6-4-5-7-9-11-17-15(18)14(2)13-16/h2-12H2,1H3,(H,17,18). The molecule has 0 atom stereocenters. The molecule has 0 saturated heterocycles. The van der Waals surface area contributed by atoms with E-state index < -0.39 is 0 Å². The van der Waals surface area contributed by atoms with Gasteiger partial charge in [0, 0.05) is 19.8 Å². The maximum Gasteiger partial charge on any atom is 0.261 e. The highest BCUT2D eigenvalue weighted by Crippen LogP contribution is 2.07. The number of nitrogens with one attached hydrogen (secondary N) is 1. The number of rotatable bonds is 12. The average Bonchev–Trinajstić information content (AvgIpc) is 2.43. The maximum atomic E-state index is 11.2. The first-order valence-electron chi connectivity index (χ1n) is 7.17. The monoisotopic (exact) mass is 266 g/mol. The Morgan fingerprint density at radius 1 is 1.16 bits per heavy atom. The zero-order valence-corrected chi connectivity index (χ0v) is 12.0. The molecule has 4 nitrogen and oxygen atoms in total. The van der Waals surface area contributed by atoms with E-state index >= 15 is 0 Å². The molecule has 0 spiro atoms. The molecule has 0 aromatic rings. The van der Waals surface area contributed by atoms with Crippen LogP contribution >= 0.6 is 0 Å². The Hall–Kier alpha value is -1.34. The van der Waals surface area contributed by atoms with Crippen molar-refractivity contribution in [3.05, 3.63) is 12.2 Å². The molecule has 0 aromatic carbocycles. The van der Waals surface area contributed by atoms with Crippen LogP contribution in [0, 0.1) is 11.3 Å². The van der Waals surface area contributed by atoms with Gasteiger partial charge in [-0.1, -0.05) is 38.7 Å². The van der Waals surface area contributed by atoms with Crippen LogP contribution in [0.15, 0.2) is 12.2 Å². The zero-order valence-electron chi connectivity index (χ0n) is 12.0. The first-order valence-corrected chi connectivity index (χ1v) is 7.17. The van der Waals surface area contributed by atoms with Crippen molar-refractivity contribution in [2.75, 3.05) is 19.8 Å². The van der Waals surface area contributed by atoms with Crippen LogP contribution in [-0.2, 0) is 9.53 Å². The number of ether oxygens (including phenoxy) is 1. The number of carbonyl (C=O) groups excluding carboxylic acids is 1. The van der Waals surface area contributed by atoms with Crippen LogP contribution < -0.4 is 5.32 Å². The van der Waals surface area contributed by atoms with E-state index in [-0.39, 0.29) is 11.5 Å². The van der Waals surface area contributed by atoms with Crippen LogP contribution in [0.3, 0.4) is 0 Å². The highest BCUT2D eigenvalue weighted by atomic mass is 16.5. The molecule has 0 rings (SSSR count). The van der Waals surface area contributed by atoms with E-state index in [4.69, 9.17) is 10.00 Å². The van der Waals surface area contributed by atoms with Gasteiger partial charge >= 0.3 is 0 Å². The van der Waals surface area contributed by atoms with Crippen molar-refractivity contribution in [1.29, 1.82) is 5.26 Å². The molecule has 1 amide bonds. The minimum absolute atomic E-state index is 0.0192. The molecule has 0 heterocycles. The van der Waals surface area contributed by atoms with Crippen LogP contribution in [0.2, 0.25) is 0 Å². The van der Waals surface area contributed by atoms with Gasteiger partial charge in [-0.05, 0) is 19.8 Å². The van der Waals surface area contributed by atoms with Crippen LogP contribution in [0.25, 0.3) is 0 Å². The van der Waals surface area contributed by atoms with Gasteiger partial charge in [0.25, 0.3) is 5.91 Å². The molecule has 0 aromatic heterocycles. The van der Waals surface area contributed by atoms with E-state index in [1.165, 1.54) is 25.7 Å². The van der Waals surface area contributed by atoms with Crippen molar-refractivity contribution in [3.8, 4) is 6.07 Å². The van der Waals surface area contributed by atoms with Crippen molar-refractivity contribution in [2.24, 2.45) is 0 Å². The topological polar surface area (TPSA) is 62.1 Å². The van der Waals surface area contributed by atoms with E-state index in [0.29, 0.717) is 6.54 Å². The minimum Gasteiger partial charge on any atom is -0.382 e. The normalized spacial score (nSPS) is 9.89. The summed E-state index contributed by atoms with van der Waals surface area (Å²) in [6.07, 6.45) is 8.16. The van der Waals surface area contributed by atoms with Crippen LogP contribution in [0.4, 0.5) is 0 Å². The van der Waals surface area contributed by atoms with Gasteiger partial charge in [-0.3, -0.25) is 4.79 Å². The molecule has 0 aliphatic rings. The molecule has 0 bridgehead atoms. The lowest BCUT2D eigenvalue weighted by Gasteiger charge is -2.04. The van der Waals surface area contributed by atoms with Gasteiger partial charge in [0.2, 0.25) is 0 Å². The lowest BCUT2D eigenvalue weighted by molar-refractivity contribution is -0.117. The molecular formula is C15H26N2O2. The molecule has 0 saturated carbocycles. The Balaban J connectivity index is 3.17. The average molecular weight is 266 g/mol. The molecule has 19 heavy (non-hydrogen) atoms. The van der Waals surface area contributed by atoms with Crippen molar-refractivity contribution in [2.45, 2.75) is 51.9 Å². The number of hydrogen-bond acceptors (Lipinski definition) is 3. The zero-order chi connectivity index (χ0) is 14.3. The molecule has 0 radical (unpaired) electrons. The molecule has 0 aliphatic heterocycles. The Kier molecular flexibility index (Phi) is 12.2. The first kappa shape index (κ1) is 17.7. The molecular weight excluding hydrogens is 240 g/mol. The second-order valence-electron chi connectivity index (χ2n) is 4.52. The Bertz CT molecular complexity index is 295. The van der Waals surface area contributed by atoms with Gasteiger partial charge in [0.1, 0.15) is 11.6 Å². The lowest BCUT2D eigenvalue weighted by atomic mass is 10.1. The van der Waals surface area contributed by atoms with Gasteiger partial charge in [-0.2, -0.15) is 5.26 Å². The quantitative estimate of drug-likeness (QED) is 0.335. The molecule has 108 valence electrons. The summed E-state index contributed by atoms with van der Waals surface area (Å²) < 4.78 is 5.27. The van der Waals surface area contributed by atoms with Crippen LogP contribution in [0.1, 0.15) is 51.9 Å². The smallest absolute Gasteiger partial charge is 0.261 e. The summed E-state index contributed by atoms with van der Waals surface area (Å²) in [7, 11) is 0. The summed E-state index contributed by atoms with van der Waals surface area (Å²) in [5, 5.41) is 11.1. The van der Waals surface area contributed by atoms with Crippen LogP contribution in [-0.4, -0.2) is 25.7 Å². The third-order valence-electron chi connectivity index (χ3n) is 2.86. The summed E-state index contributed by atoms with van der Waals surface area (Å²) in [6, 6.07) is 1.74. The summed E-state index contributed by atoms with van der Waals surface area (Å²) in [5.74, 6) is -0.349. The van der Waals surface area contributed by atoms with Gasteiger partial charge in [-0.15, -0.1) is 0 Å². The van der Waals surface area contributed by atoms with Crippen molar-refractivity contribution >= 4 is 5.91 Å². The van der Waals surface area contributed by atoms with Crippen molar-refractivity contribution in [3.63, 3.8) is 0 Å². The minimum atomic E-state index is -0.349. The number of hydrogen-bond donors (Lipinski definition) is 1. The fourth-order valence-corrected chi connectivity index (χ4v) is 1.72. The third-order valence-corrected chi connectivity index (χ3v) is 2.86. The predicted octanol–water partition coefficient (Wildman–Crippen LogP) is 2.95. The Morgan fingerprint density at radius 3 is 2.32 bits per heavy atom. The number of unbranched alkanes of at least 4 members (excludes halogenated alkanes) is 6. The van der Waals surface area contributed by atoms with E-state index in [1.807, 2.05) is 6.92 Å². The largest absolute Gasteiger partial charge is 0.382 e. The summed E-state index contributed by atoms with van der Waals surface area (Å²) in [5.41, 5.74) is -0.0192. The second kappa shape index (κ2) is 13.1. The second-order valence-corrected chi connectivity index (χ2v) is 4.52. The van der Waals surface area contributed by atoms with Gasteiger partial charge in [0.15, 0.2) is 0 Å². The number of nitrogens with zero attached hydrogens (tertiary/aromatic N) is 1. The fraction of sp³-hybridized carbons (Fsp3) is 0.733. The van der Waals surface area contributed by atoms with Crippen molar-refractivity contribution < 1.29 is 9.53 Å². The molecule has 0 unspecified atom stereocenters.